The molecule has 3 aromatic rings. The number of rotatable bonds is 7. The summed E-state index contributed by atoms with van der Waals surface area (Å²) in [6.07, 6.45) is 1.81. The molecule has 9 heteroatoms. The third-order valence-corrected chi connectivity index (χ3v) is 6.63. The Morgan fingerprint density at radius 2 is 1.86 bits per heavy atom. The fraction of sp³-hybridized carbons (Fsp3) is 0.286. The Kier molecular flexibility index (Phi) is 7.73. The van der Waals surface area contributed by atoms with Crippen molar-refractivity contribution in [1.82, 2.24) is 4.57 Å². The molecule has 1 aliphatic rings. The first-order valence-corrected chi connectivity index (χ1v) is 12.6. The molecule has 0 aliphatic carbocycles. The summed E-state index contributed by atoms with van der Waals surface area (Å²) in [5, 5.41) is 0. The predicted octanol–water partition coefficient (Wildman–Crippen LogP) is 3.37. The minimum atomic E-state index is -0.811. The molecule has 8 nitrogen and oxygen atoms in total. The largest absolute Gasteiger partial charge is 0.493 e. The van der Waals surface area contributed by atoms with Crippen molar-refractivity contribution in [3.63, 3.8) is 0 Å². The SMILES string of the molecule is COc1cc(C2C(C(=O)OCC(C)C)=C(C)N=c3s/c(=C\c4ccccc4)c(=O)n32)ccc1OC(C)=O. The van der Waals surface area contributed by atoms with Crippen LogP contribution in [0.5, 0.6) is 11.5 Å². The maximum absolute atomic E-state index is 13.7. The Morgan fingerprint density at radius 1 is 1.14 bits per heavy atom. The van der Waals surface area contributed by atoms with E-state index in [2.05, 4.69) is 4.99 Å². The van der Waals surface area contributed by atoms with E-state index in [1.165, 1.54) is 29.9 Å². The summed E-state index contributed by atoms with van der Waals surface area (Å²) >= 11 is 1.25. The minimum Gasteiger partial charge on any atom is -0.493 e. The molecule has 192 valence electrons. The Morgan fingerprint density at radius 3 is 2.51 bits per heavy atom. The molecule has 0 saturated heterocycles. The zero-order chi connectivity index (χ0) is 26.7. The molecule has 37 heavy (non-hydrogen) atoms. The first-order valence-electron chi connectivity index (χ1n) is 11.8. The van der Waals surface area contributed by atoms with Gasteiger partial charge in [-0.15, -0.1) is 0 Å². The second-order valence-electron chi connectivity index (χ2n) is 8.99. The van der Waals surface area contributed by atoms with E-state index in [4.69, 9.17) is 14.2 Å². The second-order valence-corrected chi connectivity index (χ2v) is 10.00. The average molecular weight is 521 g/mol. The van der Waals surface area contributed by atoms with Gasteiger partial charge in [-0.2, -0.15) is 0 Å². The monoisotopic (exact) mass is 520 g/mol. The molecule has 0 spiro atoms. The summed E-state index contributed by atoms with van der Waals surface area (Å²) in [5.41, 5.74) is 1.92. The quantitative estimate of drug-likeness (QED) is 0.350. The highest BCUT2D eigenvalue weighted by atomic mass is 32.1. The fourth-order valence-corrected chi connectivity index (χ4v) is 5.06. The number of carbonyl (C=O) groups excluding carboxylic acids is 2. The van der Waals surface area contributed by atoms with Gasteiger partial charge in [0.1, 0.15) is 0 Å². The zero-order valence-corrected chi connectivity index (χ0v) is 22.1. The van der Waals surface area contributed by atoms with Gasteiger partial charge in [-0.05, 0) is 42.2 Å². The summed E-state index contributed by atoms with van der Waals surface area (Å²) < 4.78 is 18.3. The van der Waals surface area contributed by atoms with Crippen molar-refractivity contribution < 1.29 is 23.8 Å². The molecule has 0 fully saturated rings. The number of hydrogen-bond donors (Lipinski definition) is 0. The van der Waals surface area contributed by atoms with Crippen LogP contribution in [-0.4, -0.2) is 30.2 Å². The molecule has 1 aromatic heterocycles. The Balaban J connectivity index is 1.92. The molecule has 0 amide bonds. The first-order chi connectivity index (χ1) is 17.7. The van der Waals surface area contributed by atoms with Crippen molar-refractivity contribution >= 4 is 29.4 Å². The number of allylic oxidation sites excluding steroid dienone is 1. The van der Waals surface area contributed by atoms with Crippen LogP contribution in [0.2, 0.25) is 0 Å². The van der Waals surface area contributed by atoms with Crippen LogP contribution in [0.25, 0.3) is 6.08 Å². The molecule has 4 rings (SSSR count). The van der Waals surface area contributed by atoms with Gasteiger partial charge in [0.15, 0.2) is 16.3 Å². The van der Waals surface area contributed by atoms with Crippen molar-refractivity contribution in [3.8, 4) is 11.5 Å². The number of carbonyl (C=O) groups is 2. The highest BCUT2D eigenvalue weighted by Gasteiger charge is 2.34. The van der Waals surface area contributed by atoms with E-state index in [1.54, 1.807) is 31.2 Å². The third kappa shape index (κ3) is 5.56. The molecular formula is C28H28N2O6S. The van der Waals surface area contributed by atoms with E-state index >= 15 is 0 Å². The number of thiazole rings is 1. The lowest BCUT2D eigenvalue weighted by Gasteiger charge is -2.25. The molecule has 1 atom stereocenters. The summed E-state index contributed by atoms with van der Waals surface area (Å²) in [5.74, 6) is -0.365. The van der Waals surface area contributed by atoms with E-state index in [9.17, 15) is 14.4 Å². The third-order valence-electron chi connectivity index (χ3n) is 5.64. The van der Waals surface area contributed by atoms with Crippen LogP contribution in [-0.2, 0) is 14.3 Å². The molecule has 0 saturated carbocycles. The molecule has 1 aliphatic heterocycles. The van der Waals surface area contributed by atoms with Crippen LogP contribution >= 0.6 is 11.3 Å². The number of fused-ring (bicyclic) bond motifs is 1. The standard InChI is InChI=1S/C28H28N2O6S/c1-16(2)15-35-27(33)24-17(3)29-28-30(26(32)23(37-28)13-19-9-7-6-8-10-19)25(24)20-11-12-21(36-18(4)31)22(14-20)34-5/h6-14,16,25H,15H2,1-5H3/b23-13-. The maximum Gasteiger partial charge on any atom is 0.338 e. The topological polar surface area (TPSA) is 96.2 Å². The fourth-order valence-electron chi connectivity index (χ4n) is 4.01. The zero-order valence-electron chi connectivity index (χ0n) is 21.3. The lowest BCUT2D eigenvalue weighted by molar-refractivity contribution is -0.140. The average Bonchev–Trinajstić information content (AvgIpc) is 3.16. The minimum absolute atomic E-state index is 0.137. The smallest absolute Gasteiger partial charge is 0.338 e. The van der Waals surface area contributed by atoms with E-state index in [0.29, 0.717) is 26.3 Å². The highest BCUT2D eigenvalue weighted by Crippen LogP contribution is 2.36. The summed E-state index contributed by atoms with van der Waals surface area (Å²) in [7, 11) is 1.45. The van der Waals surface area contributed by atoms with Crippen LogP contribution < -0.4 is 24.4 Å². The van der Waals surface area contributed by atoms with Crippen molar-refractivity contribution in [2.75, 3.05) is 13.7 Å². The Bertz CT molecular complexity index is 1550. The molecule has 1 unspecified atom stereocenters. The van der Waals surface area contributed by atoms with Crippen LogP contribution in [0.4, 0.5) is 0 Å². The molecule has 2 aromatic carbocycles. The van der Waals surface area contributed by atoms with Crippen LogP contribution in [0, 0.1) is 5.92 Å². The number of ether oxygens (including phenoxy) is 3. The van der Waals surface area contributed by atoms with Gasteiger partial charge < -0.3 is 14.2 Å². The lowest BCUT2D eigenvalue weighted by atomic mass is 9.95. The number of aromatic nitrogens is 1. The van der Waals surface area contributed by atoms with Gasteiger partial charge in [0.25, 0.3) is 5.56 Å². The molecule has 2 heterocycles. The van der Waals surface area contributed by atoms with Gasteiger partial charge in [-0.3, -0.25) is 14.2 Å². The highest BCUT2D eigenvalue weighted by molar-refractivity contribution is 7.07. The summed E-state index contributed by atoms with van der Waals surface area (Å²) in [6, 6.07) is 13.7. The molecule has 0 N–H and O–H groups in total. The van der Waals surface area contributed by atoms with Gasteiger partial charge in [0.05, 0.1) is 35.6 Å². The number of esters is 2. The Hall–Kier alpha value is -3.98. The van der Waals surface area contributed by atoms with E-state index in [0.717, 1.165) is 5.56 Å². The predicted molar refractivity (Wildman–Crippen MR) is 140 cm³/mol. The number of benzene rings is 2. The molecule has 0 bridgehead atoms. The van der Waals surface area contributed by atoms with E-state index in [-0.39, 0.29) is 29.4 Å². The normalized spacial score (nSPS) is 15.3. The molecule has 0 radical (unpaired) electrons. The number of methoxy groups -OCH3 is 1. The molecular weight excluding hydrogens is 492 g/mol. The Labute approximate surface area is 218 Å². The van der Waals surface area contributed by atoms with Gasteiger partial charge >= 0.3 is 11.9 Å². The lowest BCUT2D eigenvalue weighted by Crippen LogP contribution is -2.40. The van der Waals surface area contributed by atoms with Crippen molar-refractivity contribution in [2.45, 2.75) is 33.7 Å². The van der Waals surface area contributed by atoms with Crippen molar-refractivity contribution in [1.29, 1.82) is 0 Å². The number of nitrogens with zero attached hydrogens (tertiary/aromatic N) is 2. The number of hydrogen-bond acceptors (Lipinski definition) is 8. The van der Waals surface area contributed by atoms with Crippen LogP contribution in [0.15, 0.2) is 69.6 Å². The summed E-state index contributed by atoms with van der Waals surface area (Å²) in [4.78, 5) is 43.7. The van der Waals surface area contributed by atoms with Crippen LogP contribution in [0.1, 0.15) is 44.9 Å². The van der Waals surface area contributed by atoms with Crippen molar-refractivity contribution in [3.05, 3.63) is 90.6 Å². The van der Waals surface area contributed by atoms with E-state index < -0.39 is 18.0 Å². The van der Waals surface area contributed by atoms with Gasteiger partial charge in [0, 0.05) is 6.92 Å². The van der Waals surface area contributed by atoms with Crippen molar-refractivity contribution in [2.24, 2.45) is 10.9 Å². The van der Waals surface area contributed by atoms with Gasteiger partial charge in [-0.1, -0.05) is 61.6 Å². The second kappa shape index (κ2) is 11.0. The van der Waals surface area contributed by atoms with Gasteiger partial charge in [-0.25, -0.2) is 9.79 Å². The van der Waals surface area contributed by atoms with Gasteiger partial charge in [0.2, 0.25) is 0 Å². The van der Waals surface area contributed by atoms with Crippen LogP contribution in [0.3, 0.4) is 0 Å². The maximum atomic E-state index is 13.7. The summed E-state index contributed by atoms with van der Waals surface area (Å²) in [6.45, 7) is 7.16. The van der Waals surface area contributed by atoms with E-state index in [1.807, 2.05) is 44.2 Å². The first kappa shape index (κ1) is 26.1.